The lowest BCUT2D eigenvalue weighted by Crippen LogP contribution is -2.41. The van der Waals surface area contributed by atoms with Crippen LogP contribution in [0.2, 0.25) is 0 Å². The number of aliphatic hydroxyl groups is 1. The Kier molecular flexibility index (Phi) is 5.67. The normalized spacial score (nSPS) is 18.0. The van der Waals surface area contributed by atoms with E-state index in [4.69, 9.17) is 4.42 Å². The first-order valence-electron chi connectivity index (χ1n) is 8.54. The number of carbonyl (C=O) groups is 1. The molecule has 2 heterocycles. The first-order chi connectivity index (χ1) is 11.8. The Hall–Kier alpha value is -2.11. The lowest BCUT2D eigenvalue weighted by Gasteiger charge is -2.33. The van der Waals surface area contributed by atoms with Gasteiger partial charge in [0, 0.05) is 6.54 Å². The smallest absolute Gasteiger partial charge is 0.253 e. The monoisotopic (exact) mass is 328 g/mol. The largest absolute Gasteiger partial charge is 0.468 e. The van der Waals surface area contributed by atoms with Crippen LogP contribution in [0.3, 0.4) is 0 Å². The molecule has 128 valence electrons. The highest BCUT2D eigenvalue weighted by atomic mass is 16.3. The summed E-state index contributed by atoms with van der Waals surface area (Å²) in [5, 5.41) is 13.1. The quantitative estimate of drug-likeness (QED) is 0.855. The summed E-state index contributed by atoms with van der Waals surface area (Å²) in [7, 11) is 0. The van der Waals surface area contributed by atoms with Gasteiger partial charge >= 0.3 is 0 Å². The fourth-order valence-corrected chi connectivity index (χ4v) is 3.20. The molecule has 24 heavy (non-hydrogen) atoms. The average Bonchev–Trinajstić information content (AvgIpc) is 3.17. The number of piperidine rings is 1. The zero-order valence-electron chi connectivity index (χ0n) is 13.7. The van der Waals surface area contributed by atoms with Crippen LogP contribution in [-0.2, 0) is 4.79 Å². The molecular formula is C19H24N2O3. The Balaban J connectivity index is 1.63. The predicted octanol–water partition coefficient (Wildman–Crippen LogP) is 2.66. The second-order valence-corrected chi connectivity index (χ2v) is 6.19. The molecule has 1 fully saturated rings. The SMILES string of the molecule is O=C(NCC(c1ccco1)N1CCCCC1)C(O)c1ccccc1. The van der Waals surface area contributed by atoms with Gasteiger partial charge in [-0.3, -0.25) is 9.69 Å². The Morgan fingerprint density at radius 2 is 1.88 bits per heavy atom. The number of nitrogens with one attached hydrogen (secondary N) is 1. The van der Waals surface area contributed by atoms with Crippen molar-refractivity contribution in [3.8, 4) is 0 Å². The molecule has 0 spiro atoms. The number of nitrogens with zero attached hydrogens (tertiary/aromatic N) is 1. The van der Waals surface area contributed by atoms with Crippen molar-refractivity contribution in [1.29, 1.82) is 0 Å². The summed E-state index contributed by atoms with van der Waals surface area (Å²) in [5.41, 5.74) is 0.600. The van der Waals surface area contributed by atoms with Crippen molar-refractivity contribution in [2.75, 3.05) is 19.6 Å². The van der Waals surface area contributed by atoms with Crippen molar-refractivity contribution in [2.24, 2.45) is 0 Å². The molecule has 2 unspecified atom stereocenters. The number of hydrogen-bond acceptors (Lipinski definition) is 4. The molecule has 2 atom stereocenters. The number of hydrogen-bond donors (Lipinski definition) is 2. The Bertz CT molecular complexity index is 621. The lowest BCUT2D eigenvalue weighted by atomic mass is 10.1. The minimum absolute atomic E-state index is 0.00669. The highest BCUT2D eigenvalue weighted by Crippen LogP contribution is 2.24. The molecule has 1 aromatic carbocycles. The van der Waals surface area contributed by atoms with E-state index in [9.17, 15) is 9.90 Å². The van der Waals surface area contributed by atoms with Gasteiger partial charge in [0.1, 0.15) is 5.76 Å². The molecule has 1 saturated heterocycles. The van der Waals surface area contributed by atoms with Gasteiger partial charge in [-0.2, -0.15) is 0 Å². The summed E-state index contributed by atoms with van der Waals surface area (Å²) in [6, 6.07) is 12.8. The van der Waals surface area contributed by atoms with Gasteiger partial charge < -0.3 is 14.8 Å². The fraction of sp³-hybridized carbons (Fsp3) is 0.421. The van der Waals surface area contributed by atoms with Gasteiger partial charge in [0.25, 0.3) is 5.91 Å². The van der Waals surface area contributed by atoms with Crippen LogP contribution in [0, 0.1) is 0 Å². The zero-order chi connectivity index (χ0) is 16.8. The van der Waals surface area contributed by atoms with Crippen LogP contribution < -0.4 is 5.32 Å². The highest BCUT2D eigenvalue weighted by Gasteiger charge is 2.26. The van der Waals surface area contributed by atoms with Crippen LogP contribution in [-0.4, -0.2) is 35.5 Å². The van der Waals surface area contributed by atoms with Gasteiger partial charge in [0.2, 0.25) is 0 Å². The maximum Gasteiger partial charge on any atom is 0.253 e. The van der Waals surface area contributed by atoms with Crippen LogP contribution >= 0.6 is 0 Å². The molecule has 1 amide bonds. The van der Waals surface area contributed by atoms with E-state index < -0.39 is 6.10 Å². The van der Waals surface area contributed by atoms with Crippen LogP contribution in [0.15, 0.2) is 53.1 Å². The molecule has 1 aliphatic rings. The maximum absolute atomic E-state index is 12.3. The molecule has 1 aromatic heterocycles. The van der Waals surface area contributed by atoms with Crippen molar-refractivity contribution in [2.45, 2.75) is 31.4 Å². The third-order valence-electron chi connectivity index (χ3n) is 4.54. The second kappa shape index (κ2) is 8.13. The lowest BCUT2D eigenvalue weighted by molar-refractivity contribution is -0.130. The van der Waals surface area contributed by atoms with Crippen LogP contribution in [0.1, 0.15) is 42.7 Å². The molecule has 5 heteroatoms. The topological polar surface area (TPSA) is 65.7 Å². The van der Waals surface area contributed by atoms with E-state index in [0.29, 0.717) is 12.1 Å². The van der Waals surface area contributed by atoms with Gasteiger partial charge in [0.05, 0.1) is 12.3 Å². The molecule has 1 aliphatic heterocycles. The molecule has 0 aliphatic carbocycles. The summed E-state index contributed by atoms with van der Waals surface area (Å²) in [6.07, 6.45) is 4.09. The van der Waals surface area contributed by atoms with E-state index in [1.165, 1.54) is 6.42 Å². The van der Waals surface area contributed by atoms with Gasteiger partial charge in [-0.15, -0.1) is 0 Å². The summed E-state index contributed by atoms with van der Waals surface area (Å²) < 4.78 is 5.57. The Labute approximate surface area is 142 Å². The molecule has 0 saturated carbocycles. The van der Waals surface area contributed by atoms with Crippen LogP contribution in [0.25, 0.3) is 0 Å². The van der Waals surface area contributed by atoms with Crippen molar-refractivity contribution in [3.05, 3.63) is 60.1 Å². The van der Waals surface area contributed by atoms with E-state index in [2.05, 4.69) is 10.2 Å². The van der Waals surface area contributed by atoms with Gasteiger partial charge in [-0.05, 0) is 43.6 Å². The van der Waals surface area contributed by atoms with E-state index in [1.54, 1.807) is 18.4 Å². The summed E-state index contributed by atoms with van der Waals surface area (Å²) in [5.74, 6) is 0.473. The van der Waals surface area contributed by atoms with E-state index in [-0.39, 0.29) is 11.9 Å². The predicted molar refractivity (Wildman–Crippen MR) is 91.3 cm³/mol. The minimum atomic E-state index is -1.15. The highest BCUT2D eigenvalue weighted by molar-refractivity contribution is 5.81. The summed E-state index contributed by atoms with van der Waals surface area (Å²) in [6.45, 7) is 2.43. The molecule has 0 bridgehead atoms. The number of likely N-dealkylation sites (tertiary alicyclic amines) is 1. The Morgan fingerprint density at radius 1 is 1.12 bits per heavy atom. The zero-order valence-corrected chi connectivity index (χ0v) is 13.7. The van der Waals surface area contributed by atoms with E-state index in [1.807, 2.05) is 30.3 Å². The minimum Gasteiger partial charge on any atom is -0.468 e. The van der Waals surface area contributed by atoms with Crippen molar-refractivity contribution < 1.29 is 14.3 Å². The van der Waals surface area contributed by atoms with Gasteiger partial charge in [0.15, 0.2) is 6.10 Å². The van der Waals surface area contributed by atoms with Gasteiger partial charge in [-0.1, -0.05) is 36.8 Å². The van der Waals surface area contributed by atoms with Crippen molar-refractivity contribution in [1.82, 2.24) is 10.2 Å². The molecular weight excluding hydrogens is 304 g/mol. The fourth-order valence-electron chi connectivity index (χ4n) is 3.20. The number of furan rings is 1. The first-order valence-corrected chi connectivity index (χ1v) is 8.54. The van der Waals surface area contributed by atoms with Crippen molar-refractivity contribution >= 4 is 5.91 Å². The summed E-state index contributed by atoms with van der Waals surface area (Å²) in [4.78, 5) is 14.6. The number of carbonyl (C=O) groups excluding carboxylic acids is 1. The van der Waals surface area contributed by atoms with Crippen molar-refractivity contribution in [3.63, 3.8) is 0 Å². The van der Waals surface area contributed by atoms with E-state index >= 15 is 0 Å². The van der Waals surface area contributed by atoms with Gasteiger partial charge in [-0.25, -0.2) is 0 Å². The molecule has 2 aromatic rings. The Morgan fingerprint density at radius 3 is 2.54 bits per heavy atom. The molecule has 5 nitrogen and oxygen atoms in total. The van der Waals surface area contributed by atoms with Crippen LogP contribution in [0.5, 0.6) is 0 Å². The van der Waals surface area contributed by atoms with Crippen LogP contribution in [0.4, 0.5) is 0 Å². The van der Waals surface area contributed by atoms with E-state index in [0.717, 1.165) is 31.7 Å². The number of amides is 1. The first kappa shape index (κ1) is 16.7. The summed E-state index contributed by atoms with van der Waals surface area (Å²) >= 11 is 0. The number of aliphatic hydroxyl groups excluding tert-OH is 1. The number of rotatable bonds is 6. The second-order valence-electron chi connectivity index (χ2n) is 6.19. The standard InChI is InChI=1S/C19H24N2O3/c22-18(15-8-3-1-4-9-15)19(23)20-14-16(17-10-7-13-24-17)21-11-5-2-6-12-21/h1,3-4,7-10,13,16,18,22H,2,5-6,11-12,14H2,(H,20,23). The molecule has 2 N–H and O–H groups in total. The number of benzene rings is 1. The maximum atomic E-state index is 12.3. The molecule has 3 rings (SSSR count). The molecule has 0 radical (unpaired) electrons. The third kappa shape index (κ3) is 4.04. The average molecular weight is 328 g/mol. The third-order valence-corrected chi connectivity index (χ3v) is 4.54.